The highest BCUT2D eigenvalue weighted by atomic mass is 127. The fourth-order valence-electron chi connectivity index (χ4n) is 2.08. The Morgan fingerprint density at radius 2 is 1.88 bits per heavy atom. The van der Waals surface area contributed by atoms with Crippen LogP contribution in [-0.2, 0) is 13.1 Å². The van der Waals surface area contributed by atoms with E-state index >= 15 is 0 Å². The molecule has 0 bridgehead atoms. The molecule has 0 saturated heterocycles. The lowest BCUT2D eigenvalue weighted by Gasteiger charge is -2.16. The average Bonchev–Trinajstić information content (AvgIpc) is 2.76. The van der Waals surface area contributed by atoms with E-state index in [2.05, 4.69) is 27.0 Å². The molecule has 1 aromatic heterocycles. The van der Waals surface area contributed by atoms with Gasteiger partial charge in [0.15, 0.2) is 0 Å². The van der Waals surface area contributed by atoms with E-state index in [1.54, 1.807) is 0 Å². The van der Waals surface area contributed by atoms with Crippen LogP contribution >= 0.6 is 22.6 Å². The van der Waals surface area contributed by atoms with Crippen LogP contribution in [0.25, 0.3) is 0 Å². The summed E-state index contributed by atoms with van der Waals surface area (Å²) in [5, 5.41) is 0. The molecule has 0 radical (unpaired) electrons. The summed E-state index contributed by atoms with van der Waals surface area (Å²) in [5.74, 6) is 0.769. The van der Waals surface area contributed by atoms with Crippen molar-refractivity contribution >= 4 is 28.4 Å². The van der Waals surface area contributed by atoms with Gasteiger partial charge in [-0.2, -0.15) is 0 Å². The summed E-state index contributed by atoms with van der Waals surface area (Å²) in [6.45, 7) is 1.64. The molecule has 1 aliphatic rings. The van der Waals surface area contributed by atoms with Crippen LogP contribution in [0, 0.1) is 3.57 Å². The Morgan fingerprint density at radius 3 is 2.53 bits per heavy atom. The predicted octanol–water partition coefficient (Wildman–Crippen LogP) is 1.89. The van der Waals surface area contributed by atoms with Gasteiger partial charge >= 0.3 is 0 Å². The van der Waals surface area contributed by atoms with E-state index in [-0.39, 0.29) is 5.56 Å². The zero-order valence-corrected chi connectivity index (χ0v) is 11.1. The largest absolute Gasteiger partial charge is 0.347 e. The Balaban J connectivity index is 2.00. The van der Waals surface area contributed by atoms with Crippen LogP contribution in [0.3, 0.4) is 0 Å². The fraction of sp³-hybridized carbons (Fsp3) is 0.167. The fourth-order valence-corrected chi connectivity index (χ4v) is 2.71. The standard InChI is InChI=1S/C12H10IN3O/c13-10-11(14-7-15-12(10)17)16-5-8-3-1-2-4-9(8)6-16/h1-4,7H,5-6H2,(H,14,15,17). The first-order valence-electron chi connectivity index (χ1n) is 5.30. The first-order chi connectivity index (χ1) is 8.25. The lowest BCUT2D eigenvalue weighted by atomic mass is 10.1. The zero-order valence-electron chi connectivity index (χ0n) is 8.98. The van der Waals surface area contributed by atoms with Gasteiger partial charge in [0.1, 0.15) is 9.39 Å². The minimum Gasteiger partial charge on any atom is -0.347 e. The molecule has 1 aliphatic heterocycles. The predicted molar refractivity (Wildman–Crippen MR) is 73.9 cm³/mol. The number of fused-ring (bicyclic) bond motifs is 1. The highest BCUT2D eigenvalue weighted by Crippen LogP contribution is 2.27. The molecule has 2 aromatic rings. The monoisotopic (exact) mass is 339 g/mol. The van der Waals surface area contributed by atoms with Crippen molar-refractivity contribution in [1.82, 2.24) is 9.97 Å². The summed E-state index contributed by atoms with van der Waals surface area (Å²) in [5.41, 5.74) is 2.54. The summed E-state index contributed by atoms with van der Waals surface area (Å²) in [4.78, 5) is 20.5. The summed E-state index contributed by atoms with van der Waals surface area (Å²) >= 11 is 2.05. The van der Waals surface area contributed by atoms with E-state index in [1.807, 2.05) is 34.7 Å². The smallest absolute Gasteiger partial charge is 0.266 e. The van der Waals surface area contributed by atoms with E-state index in [4.69, 9.17) is 0 Å². The van der Waals surface area contributed by atoms with E-state index < -0.39 is 0 Å². The molecule has 5 heteroatoms. The molecule has 1 N–H and O–H groups in total. The van der Waals surface area contributed by atoms with Gasteiger partial charge in [-0.15, -0.1) is 0 Å². The zero-order chi connectivity index (χ0) is 11.8. The number of aromatic nitrogens is 2. The van der Waals surface area contributed by atoms with E-state index in [0.29, 0.717) is 3.57 Å². The maximum atomic E-state index is 11.5. The Hall–Kier alpha value is -1.37. The van der Waals surface area contributed by atoms with Gasteiger partial charge in [0.25, 0.3) is 5.56 Å². The van der Waals surface area contributed by atoms with Crippen LogP contribution in [0.5, 0.6) is 0 Å². The average molecular weight is 339 g/mol. The minimum atomic E-state index is -0.0773. The van der Waals surface area contributed by atoms with Crippen molar-refractivity contribution in [3.63, 3.8) is 0 Å². The molecule has 17 heavy (non-hydrogen) atoms. The summed E-state index contributed by atoms with van der Waals surface area (Å²) < 4.78 is 0.651. The normalized spacial score (nSPS) is 13.8. The van der Waals surface area contributed by atoms with Crippen molar-refractivity contribution in [3.05, 3.63) is 55.6 Å². The molecular weight excluding hydrogens is 329 g/mol. The van der Waals surface area contributed by atoms with Gasteiger partial charge in [0, 0.05) is 13.1 Å². The van der Waals surface area contributed by atoms with E-state index in [0.717, 1.165) is 18.9 Å². The number of halogens is 1. The minimum absolute atomic E-state index is 0.0773. The van der Waals surface area contributed by atoms with Gasteiger partial charge in [-0.3, -0.25) is 4.79 Å². The van der Waals surface area contributed by atoms with Crippen molar-refractivity contribution in [2.45, 2.75) is 13.1 Å². The van der Waals surface area contributed by atoms with Crippen LogP contribution < -0.4 is 10.5 Å². The number of benzene rings is 1. The Kier molecular flexibility index (Phi) is 2.62. The van der Waals surface area contributed by atoms with Crippen LogP contribution in [0.2, 0.25) is 0 Å². The summed E-state index contributed by atoms with van der Waals surface area (Å²) in [6.07, 6.45) is 1.46. The lowest BCUT2D eigenvalue weighted by Crippen LogP contribution is -2.22. The van der Waals surface area contributed by atoms with Gasteiger partial charge in [0.05, 0.1) is 6.33 Å². The van der Waals surface area contributed by atoms with Crippen molar-refractivity contribution < 1.29 is 0 Å². The molecule has 0 atom stereocenters. The van der Waals surface area contributed by atoms with Crippen LogP contribution in [0.4, 0.5) is 5.82 Å². The van der Waals surface area contributed by atoms with Crippen LogP contribution in [0.15, 0.2) is 35.4 Å². The molecule has 0 unspecified atom stereocenters. The Morgan fingerprint density at radius 1 is 1.24 bits per heavy atom. The van der Waals surface area contributed by atoms with Crippen molar-refractivity contribution in [2.24, 2.45) is 0 Å². The van der Waals surface area contributed by atoms with Crippen molar-refractivity contribution in [3.8, 4) is 0 Å². The lowest BCUT2D eigenvalue weighted by molar-refractivity contribution is 0.842. The third kappa shape index (κ3) is 1.84. The third-order valence-corrected chi connectivity index (χ3v) is 3.89. The van der Waals surface area contributed by atoms with Crippen molar-refractivity contribution in [1.29, 1.82) is 0 Å². The topological polar surface area (TPSA) is 49.0 Å². The van der Waals surface area contributed by atoms with E-state index in [1.165, 1.54) is 17.5 Å². The number of H-pyrrole nitrogens is 1. The Labute approximate surface area is 112 Å². The number of rotatable bonds is 1. The maximum Gasteiger partial charge on any atom is 0.266 e. The van der Waals surface area contributed by atoms with E-state index in [9.17, 15) is 4.79 Å². The molecule has 0 fully saturated rings. The number of aromatic amines is 1. The highest BCUT2D eigenvalue weighted by molar-refractivity contribution is 14.1. The molecule has 2 heterocycles. The second kappa shape index (κ2) is 4.14. The maximum absolute atomic E-state index is 11.5. The van der Waals surface area contributed by atoms with Crippen LogP contribution in [-0.4, -0.2) is 9.97 Å². The molecular formula is C12H10IN3O. The van der Waals surface area contributed by atoms with Gasteiger partial charge < -0.3 is 9.88 Å². The molecule has 0 spiro atoms. The first-order valence-corrected chi connectivity index (χ1v) is 6.38. The summed E-state index contributed by atoms with van der Waals surface area (Å²) in [6, 6.07) is 8.32. The number of hydrogen-bond donors (Lipinski definition) is 1. The molecule has 3 rings (SSSR count). The molecule has 0 amide bonds. The number of hydrogen-bond acceptors (Lipinski definition) is 3. The van der Waals surface area contributed by atoms with Gasteiger partial charge in [0.2, 0.25) is 0 Å². The molecule has 86 valence electrons. The SMILES string of the molecule is O=c1[nH]cnc(N2Cc3ccccc3C2)c1I. The highest BCUT2D eigenvalue weighted by Gasteiger charge is 2.22. The third-order valence-electron chi connectivity index (χ3n) is 2.92. The Bertz CT molecular complexity index is 598. The first kappa shape index (κ1) is 10.8. The van der Waals surface area contributed by atoms with Gasteiger partial charge in [-0.05, 0) is 33.7 Å². The molecule has 1 aromatic carbocycles. The second-order valence-electron chi connectivity index (χ2n) is 3.99. The summed E-state index contributed by atoms with van der Waals surface area (Å²) in [7, 11) is 0. The number of nitrogens with zero attached hydrogens (tertiary/aromatic N) is 2. The quantitative estimate of drug-likeness (QED) is 0.808. The molecule has 0 aliphatic carbocycles. The van der Waals surface area contributed by atoms with Gasteiger partial charge in [-0.1, -0.05) is 24.3 Å². The number of anilines is 1. The molecule has 0 saturated carbocycles. The number of nitrogens with one attached hydrogen (secondary N) is 1. The second-order valence-corrected chi connectivity index (χ2v) is 5.07. The molecule has 4 nitrogen and oxygen atoms in total. The van der Waals surface area contributed by atoms with Gasteiger partial charge in [-0.25, -0.2) is 4.98 Å². The van der Waals surface area contributed by atoms with Crippen LogP contribution in [0.1, 0.15) is 11.1 Å². The van der Waals surface area contributed by atoms with Crippen molar-refractivity contribution in [2.75, 3.05) is 4.90 Å².